The van der Waals surface area contributed by atoms with Crippen molar-refractivity contribution in [3.8, 4) is 11.5 Å². The average molecular weight is 527 g/mol. The number of pyridine rings is 1. The molecule has 11 nitrogen and oxygen atoms in total. The molecule has 37 heavy (non-hydrogen) atoms. The van der Waals surface area contributed by atoms with Crippen molar-refractivity contribution in [2.24, 2.45) is 0 Å². The smallest absolute Gasteiger partial charge is 0.323 e. The summed E-state index contributed by atoms with van der Waals surface area (Å²) in [7, 11) is 0. The number of carbonyl (C=O) groups is 1. The number of aliphatic hydroxyl groups excluding tert-OH is 1. The van der Waals surface area contributed by atoms with Crippen LogP contribution in [0.3, 0.4) is 0 Å². The quantitative estimate of drug-likeness (QED) is 0.256. The first-order valence-electron chi connectivity index (χ1n) is 12.6. The Hall–Kier alpha value is -3.57. The number of rotatable bonds is 8. The number of aryl methyl sites for hydroxylation is 1. The van der Waals surface area contributed by atoms with Crippen LogP contribution in [-0.2, 0) is 6.42 Å². The number of halogens is 1. The maximum Gasteiger partial charge on any atom is 0.323 e. The lowest BCUT2D eigenvalue weighted by atomic mass is 10.0. The van der Waals surface area contributed by atoms with Crippen LogP contribution in [0.5, 0.6) is 0 Å². The van der Waals surface area contributed by atoms with E-state index in [0.29, 0.717) is 41.7 Å². The molecule has 4 heterocycles. The highest BCUT2D eigenvalue weighted by Gasteiger charge is 2.25. The molecule has 0 bridgehead atoms. The summed E-state index contributed by atoms with van der Waals surface area (Å²) in [4.78, 5) is 25.8. The second kappa shape index (κ2) is 12.6. The number of carbonyl (C=O) groups excluding carboxylic acids is 1. The molecule has 3 N–H and O–H groups in total. The van der Waals surface area contributed by atoms with Crippen LogP contribution in [0.4, 0.5) is 16.2 Å². The van der Waals surface area contributed by atoms with E-state index in [1.54, 1.807) is 18.5 Å². The van der Waals surface area contributed by atoms with Crippen LogP contribution >= 0.6 is 11.6 Å². The Morgan fingerprint density at radius 3 is 2.76 bits per heavy atom. The van der Waals surface area contributed by atoms with Crippen LogP contribution in [0.15, 0.2) is 35.2 Å². The second-order valence-corrected chi connectivity index (χ2v) is 8.87. The number of nitrogens with one attached hydrogen (secondary N) is 2. The van der Waals surface area contributed by atoms with Gasteiger partial charge in [0, 0.05) is 25.0 Å². The molecular formula is C25H31ClN8O3. The zero-order valence-corrected chi connectivity index (χ0v) is 21.7. The summed E-state index contributed by atoms with van der Waals surface area (Å²) in [5.74, 6) is 1.04. The predicted octanol–water partition coefficient (Wildman–Crippen LogP) is 5.47. The van der Waals surface area contributed by atoms with Gasteiger partial charge in [0.2, 0.25) is 11.7 Å². The van der Waals surface area contributed by atoms with E-state index in [9.17, 15) is 4.79 Å². The molecule has 4 aromatic rings. The van der Waals surface area contributed by atoms with Crippen LogP contribution < -0.4 is 10.6 Å². The van der Waals surface area contributed by atoms with E-state index in [-0.39, 0.29) is 17.5 Å². The number of amides is 2. The second-order valence-electron chi connectivity index (χ2n) is 8.47. The number of hydrogen-bond donors (Lipinski definition) is 3. The third-order valence-corrected chi connectivity index (χ3v) is 6.31. The van der Waals surface area contributed by atoms with Gasteiger partial charge in [0.1, 0.15) is 5.69 Å². The maximum absolute atomic E-state index is 12.8. The zero-order valence-electron chi connectivity index (χ0n) is 20.9. The van der Waals surface area contributed by atoms with Crippen LogP contribution in [-0.4, -0.2) is 47.5 Å². The van der Waals surface area contributed by atoms with Gasteiger partial charge in [-0.25, -0.2) is 19.3 Å². The fraction of sp³-hybridized carbons (Fsp3) is 0.440. The molecule has 1 saturated carbocycles. The van der Waals surface area contributed by atoms with E-state index in [1.807, 2.05) is 24.4 Å². The summed E-state index contributed by atoms with van der Waals surface area (Å²) in [5.41, 5.74) is 3.11. The fourth-order valence-electron chi connectivity index (χ4n) is 4.38. The number of aliphatic hydroxyl groups is 1. The first-order chi connectivity index (χ1) is 18.1. The van der Waals surface area contributed by atoms with Gasteiger partial charge in [0.05, 0.1) is 40.7 Å². The van der Waals surface area contributed by atoms with Crippen molar-refractivity contribution in [1.82, 2.24) is 29.7 Å². The van der Waals surface area contributed by atoms with Crippen LogP contribution in [0, 0.1) is 0 Å². The Bertz CT molecular complexity index is 1330. The molecule has 0 aromatic carbocycles. The Kier molecular flexibility index (Phi) is 9.02. The third-order valence-electron chi connectivity index (χ3n) is 6.02. The lowest BCUT2D eigenvalue weighted by molar-refractivity contribution is 0.262. The Morgan fingerprint density at radius 2 is 2.00 bits per heavy atom. The van der Waals surface area contributed by atoms with Crippen LogP contribution in [0.1, 0.15) is 69.9 Å². The van der Waals surface area contributed by atoms with Crippen LogP contribution in [0.2, 0.25) is 5.02 Å². The molecule has 0 saturated heterocycles. The van der Waals surface area contributed by atoms with Gasteiger partial charge in [-0.1, -0.05) is 43.4 Å². The number of unbranched alkanes of at least 4 members (excludes halogenated alkanes) is 1. The van der Waals surface area contributed by atoms with E-state index in [2.05, 4.69) is 35.8 Å². The Labute approximate surface area is 219 Å². The first kappa shape index (κ1) is 26.5. The molecule has 1 aliphatic rings. The largest absolute Gasteiger partial charge is 0.396 e. The van der Waals surface area contributed by atoms with Gasteiger partial charge in [-0.05, 0) is 31.7 Å². The first-order valence-corrected chi connectivity index (χ1v) is 13.0. The summed E-state index contributed by atoms with van der Waals surface area (Å²) in [6.07, 6.45) is 11.2. The predicted molar refractivity (Wildman–Crippen MR) is 141 cm³/mol. The highest BCUT2D eigenvalue weighted by molar-refractivity contribution is 6.33. The molecule has 0 aliphatic heterocycles. The molecule has 0 unspecified atom stereocenters. The minimum absolute atomic E-state index is 0.118. The minimum atomic E-state index is -0.436. The SMILES string of the molecule is CC.O=C(Nc1cnc(-c2noc(CCCCO)n2)c(Cl)c1)Nc1cnc2ccnn2c1C1CCCC1. The van der Waals surface area contributed by atoms with Crippen molar-refractivity contribution in [3.63, 3.8) is 0 Å². The summed E-state index contributed by atoms with van der Waals surface area (Å²) in [6.45, 7) is 4.12. The highest BCUT2D eigenvalue weighted by Crippen LogP contribution is 2.37. The number of nitrogens with zero attached hydrogens (tertiary/aromatic N) is 6. The molecule has 5 rings (SSSR count). The van der Waals surface area contributed by atoms with Crippen molar-refractivity contribution >= 4 is 34.7 Å². The van der Waals surface area contributed by atoms with Crippen LogP contribution in [0.25, 0.3) is 17.2 Å². The number of aromatic nitrogens is 6. The standard InChI is InChI=1S/C23H25ClN8O3.C2H6/c24-16-11-15(12-26-20(16)22-30-19(35-31-22)7-3-4-10-33)28-23(34)29-17-13-25-18-8-9-27-32(18)21(17)14-5-1-2-6-14;1-2/h8-9,11-14,33H,1-7,10H2,(H2,28,29,34);1-2H3. The van der Waals surface area contributed by atoms with E-state index < -0.39 is 6.03 Å². The van der Waals surface area contributed by atoms with Gasteiger partial charge in [-0.15, -0.1) is 0 Å². The average Bonchev–Trinajstić information content (AvgIpc) is 3.68. The van der Waals surface area contributed by atoms with Gasteiger partial charge < -0.3 is 20.3 Å². The summed E-state index contributed by atoms with van der Waals surface area (Å²) < 4.78 is 7.03. The molecule has 0 spiro atoms. The summed E-state index contributed by atoms with van der Waals surface area (Å²) >= 11 is 6.40. The Morgan fingerprint density at radius 1 is 1.19 bits per heavy atom. The van der Waals surface area contributed by atoms with Gasteiger partial charge in [0.25, 0.3) is 0 Å². The molecule has 2 amide bonds. The van der Waals surface area contributed by atoms with E-state index in [1.165, 1.54) is 6.20 Å². The Balaban J connectivity index is 0.00000156. The van der Waals surface area contributed by atoms with Crippen molar-refractivity contribution in [2.75, 3.05) is 17.2 Å². The monoisotopic (exact) mass is 526 g/mol. The molecule has 4 aromatic heterocycles. The topological polar surface area (TPSA) is 143 Å². The van der Waals surface area contributed by atoms with E-state index in [4.69, 9.17) is 21.2 Å². The summed E-state index contributed by atoms with van der Waals surface area (Å²) in [5, 5.41) is 23.2. The normalized spacial score (nSPS) is 13.4. The van der Waals surface area contributed by atoms with Gasteiger partial charge in [0.15, 0.2) is 5.65 Å². The number of urea groups is 1. The number of hydrogen-bond acceptors (Lipinski definition) is 8. The molecule has 1 fully saturated rings. The van der Waals surface area contributed by atoms with Crippen molar-refractivity contribution in [3.05, 3.63) is 47.3 Å². The molecule has 0 atom stereocenters. The van der Waals surface area contributed by atoms with E-state index in [0.717, 1.165) is 43.4 Å². The van der Waals surface area contributed by atoms with Crippen molar-refractivity contribution < 1.29 is 14.4 Å². The highest BCUT2D eigenvalue weighted by atomic mass is 35.5. The fourth-order valence-corrected chi connectivity index (χ4v) is 4.63. The third kappa shape index (κ3) is 6.23. The minimum Gasteiger partial charge on any atom is -0.396 e. The van der Waals surface area contributed by atoms with Crippen molar-refractivity contribution in [2.45, 2.75) is 64.7 Å². The lowest BCUT2D eigenvalue weighted by Crippen LogP contribution is -2.22. The van der Waals surface area contributed by atoms with Gasteiger partial charge >= 0.3 is 6.03 Å². The molecular weight excluding hydrogens is 496 g/mol. The van der Waals surface area contributed by atoms with Gasteiger partial charge in [-0.3, -0.25) is 0 Å². The zero-order chi connectivity index (χ0) is 26.2. The molecule has 196 valence electrons. The van der Waals surface area contributed by atoms with E-state index >= 15 is 0 Å². The molecule has 1 aliphatic carbocycles. The molecule has 0 radical (unpaired) electrons. The maximum atomic E-state index is 12.8. The molecule has 12 heteroatoms. The number of fused-ring (bicyclic) bond motifs is 1. The lowest BCUT2D eigenvalue weighted by Gasteiger charge is -2.17. The summed E-state index contributed by atoms with van der Waals surface area (Å²) in [6, 6.07) is 2.99. The van der Waals surface area contributed by atoms with Crippen molar-refractivity contribution in [1.29, 1.82) is 0 Å². The number of anilines is 2. The van der Waals surface area contributed by atoms with Gasteiger partial charge in [-0.2, -0.15) is 10.1 Å².